The molecule has 0 bridgehead atoms. The van der Waals surface area contributed by atoms with Crippen LogP contribution in [-0.4, -0.2) is 21.2 Å². The molecule has 0 aliphatic rings. The Labute approximate surface area is 138 Å². The SMILES string of the molecule is C/C(=N/NC(=O)Cn1cnc2ccccc21)c1cc(C)sc1C. The zero-order chi connectivity index (χ0) is 16.4. The third-order valence-corrected chi connectivity index (χ3v) is 4.59. The van der Waals surface area contributed by atoms with Gasteiger partial charge < -0.3 is 4.57 Å². The molecule has 118 valence electrons. The minimum absolute atomic E-state index is 0.169. The fourth-order valence-corrected chi connectivity index (χ4v) is 3.50. The van der Waals surface area contributed by atoms with E-state index < -0.39 is 0 Å². The number of hydrazone groups is 1. The van der Waals surface area contributed by atoms with Crippen LogP contribution in [-0.2, 0) is 11.3 Å². The van der Waals surface area contributed by atoms with Gasteiger partial charge in [0, 0.05) is 15.3 Å². The summed E-state index contributed by atoms with van der Waals surface area (Å²) < 4.78 is 1.81. The predicted molar refractivity (Wildman–Crippen MR) is 93.9 cm³/mol. The number of para-hydroxylation sites is 2. The van der Waals surface area contributed by atoms with Gasteiger partial charge in [-0.3, -0.25) is 4.79 Å². The zero-order valence-electron chi connectivity index (χ0n) is 13.3. The van der Waals surface area contributed by atoms with E-state index in [4.69, 9.17) is 0 Å². The fourth-order valence-electron chi connectivity index (χ4n) is 2.52. The number of fused-ring (bicyclic) bond motifs is 1. The predicted octanol–water partition coefficient (Wildman–Crippen LogP) is 3.26. The number of rotatable bonds is 4. The van der Waals surface area contributed by atoms with Crippen LogP contribution in [0.2, 0.25) is 0 Å². The van der Waals surface area contributed by atoms with Crippen LogP contribution in [0.1, 0.15) is 22.2 Å². The molecule has 2 aromatic heterocycles. The van der Waals surface area contributed by atoms with E-state index in [1.807, 2.05) is 35.8 Å². The molecule has 23 heavy (non-hydrogen) atoms. The van der Waals surface area contributed by atoms with Crippen molar-refractivity contribution in [3.63, 3.8) is 0 Å². The summed E-state index contributed by atoms with van der Waals surface area (Å²) in [5.74, 6) is -0.169. The molecule has 0 atom stereocenters. The Morgan fingerprint density at radius 1 is 1.35 bits per heavy atom. The van der Waals surface area contributed by atoms with Crippen LogP contribution in [0, 0.1) is 13.8 Å². The number of nitrogens with zero attached hydrogens (tertiary/aromatic N) is 3. The van der Waals surface area contributed by atoms with Crippen LogP contribution >= 0.6 is 11.3 Å². The first-order valence-electron chi connectivity index (χ1n) is 7.35. The number of carbonyl (C=O) groups excluding carboxylic acids is 1. The summed E-state index contributed by atoms with van der Waals surface area (Å²) in [6.45, 7) is 6.23. The minimum Gasteiger partial charge on any atom is -0.321 e. The van der Waals surface area contributed by atoms with E-state index >= 15 is 0 Å². The number of amides is 1. The normalized spacial score (nSPS) is 11.9. The first-order chi connectivity index (χ1) is 11.0. The third-order valence-electron chi connectivity index (χ3n) is 3.62. The zero-order valence-corrected chi connectivity index (χ0v) is 14.1. The van der Waals surface area contributed by atoms with Gasteiger partial charge in [-0.2, -0.15) is 5.10 Å². The number of thiophene rings is 1. The molecule has 1 amide bonds. The van der Waals surface area contributed by atoms with Crippen LogP contribution in [0.15, 0.2) is 41.8 Å². The average Bonchev–Trinajstić information content (AvgIpc) is 3.08. The van der Waals surface area contributed by atoms with Gasteiger partial charge in [0.15, 0.2) is 0 Å². The highest BCUT2D eigenvalue weighted by Crippen LogP contribution is 2.21. The van der Waals surface area contributed by atoms with Crippen molar-refractivity contribution in [1.29, 1.82) is 0 Å². The fraction of sp³-hybridized carbons (Fsp3) is 0.235. The van der Waals surface area contributed by atoms with Gasteiger partial charge in [-0.15, -0.1) is 11.3 Å². The third kappa shape index (κ3) is 3.32. The van der Waals surface area contributed by atoms with E-state index in [-0.39, 0.29) is 12.5 Å². The van der Waals surface area contributed by atoms with Crippen molar-refractivity contribution in [2.24, 2.45) is 5.10 Å². The van der Waals surface area contributed by atoms with Gasteiger partial charge in [0.2, 0.25) is 0 Å². The molecule has 0 aliphatic carbocycles. The number of carbonyl (C=O) groups is 1. The van der Waals surface area contributed by atoms with Crippen LogP contribution in [0.3, 0.4) is 0 Å². The van der Waals surface area contributed by atoms with Crippen molar-refractivity contribution in [2.75, 3.05) is 0 Å². The number of nitrogens with one attached hydrogen (secondary N) is 1. The highest BCUT2D eigenvalue weighted by molar-refractivity contribution is 7.12. The Hall–Kier alpha value is -2.47. The van der Waals surface area contributed by atoms with Gasteiger partial charge >= 0.3 is 0 Å². The molecule has 0 saturated carbocycles. The minimum atomic E-state index is -0.169. The van der Waals surface area contributed by atoms with Gasteiger partial charge in [0.1, 0.15) is 6.54 Å². The van der Waals surface area contributed by atoms with Gasteiger partial charge in [-0.25, -0.2) is 10.4 Å². The summed E-state index contributed by atoms with van der Waals surface area (Å²) in [5, 5.41) is 4.22. The smallest absolute Gasteiger partial charge is 0.260 e. The van der Waals surface area contributed by atoms with Crippen molar-refractivity contribution in [3.05, 3.63) is 52.0 Å². The van der Waals surface area contributed by atoms with Crippen LogP contribution < -0.4 is 5.43 Å². The van der Waals surface area contributed by atoms with E-state index in [0.29, 0.717) is 0 Å². The largest absolute Gasteiger partial charge is 0.321 e. The summed E-state index contributed by atoms with van der Waals surface area (Å²) in [6, 6.07) is 9.82. The lowest BCUT2D eigenvalue weighted by atomic mass is 10.2. The molecule has 0 fully saturated rings. The summed E-state index contributed by atoms with van der Waals surface area (Å²) in [4.78, 5) is 18.8. The molecule has 3 rings (SSSR count). The van der Waals surface area contributed by atoms with Crippen LogP contribution in [0.4, 0.5) is 0 Å². The van der Waals surface area contributed by atoms with Crippen molar-refractivity contribution >= 4 is 34.0 Å². The van der Waals surface area contributed by atoms with E-state index in [2.05, 4.69) is 35.4 Å². The highest BCUT2D eigenvalue weighted by Gasteiger charge is 2.08. The maximum atomic E-state index is 12.1. The number of aryl methyl sites for hydroxylation is 2. The van der Waals surface area contributed by atoms with E-state index in [1.165, 1.54) is 9.75 Å². The van der Waals surface area contributed by atoms with Crippen molar-refractivity contribution in [1.82, 2.24) is 15.0 Å². The molecule has 0 saturated heterocycles. The second-order valence-electron chi connectivity index (χ2n) is 5.42. The second kappa shape index (κ2) is 6.34. The Bertz CT molecular complexity index is 891. The molecule has 0 spiro atoms. The summed E-state index contributed by atoms with van der Waals surface area (Å²) >= 11 is 1.73. The molecule has 0 radical (unpaired) electrons. The number of aromatic nitrogens is 2. The lowest BCUT2D eigenvalue weighted by Gasteiger charge is -2.04. The lowest BCUT2D eigenvalue weighted by Crippen LogP contribution is -2.24. The molecule has 3 aromatic rings. The Kier molecular flexibility index (Phi) is 4.25. The van der Waals surface area contributed by atoms with Crippen molar-refractivity contribution in [2.45, 2.75) is 27.3 Å². The first-order valence-corrected chi connectivity index (χ1v) is 8.16. The molecule has 2 heterocycles. The van der Waals surface area contributed by atoms with Crippen molar-refractivity contribution < 1.29 is 4.79 Å². The van der Waals surface area contributed by atoms with E-state index in [0.717, 1.165) is 22.3 Å². The summed E-state index contributed by atoms with van der Waals surface area (Å²) in [5.41, 5.74) is 6.34. The van der Waals surface area contributed by atoms with Crippen LogP contribution in [0.5, 0.6) is 0 Å². The van der Waals surface area contributed by atoms with Gasteiger partial charge in [-0.1, -0.05) is 12.1 Å². The molecule has 6 heteroatoms. The molecular weight excluding hydrogens is 308 g/mol. The molecule has 0 aliphatic heterocycles. The maximum absolute atomic E-state index is 12.1. The Balaban J connectivity index is 1.70. The van der Waals surface area contributed by atoms with E-state index in [1.54, 1.807) is 17.7 Å². The van der Waals surface area contributed by atoms with Gasteiger partial charge in [0.05, 0.1) is 23.1 Å². The quantitative estimate of drug-likeness (QED) is 0.591. The Morgan fingerprint density at radius 3 is 2.87 bits per heavy atom. The first kappa shape index (κ1) is 15.4. The number of benzene rings is 1. The van der Waals surface area contributed by atoms with Gasteiger partial charge in [-0.05, 0) is 39.0 Å². The number of hydrogen-bond donors (Lipinski definition) is 1. The lowest BCUT2D eigenvalue weighted by molar-refractivity contribution is -0.121. The topological polar surface area (TPSA) is 59.3 Å². The maximum Gasteiger partial charge on any atom is 0.260 e. The summed E-state index contributed by atoms with van der Waals surface area (Å²) in [7, 11) is 0. The second-order valence-corrected chi connectivity index (χ2v) is 6.88. The molecular formula is C17H18N4OS. The van der Waals surface area contributed by atoms with E-state index in [9.17, 15) is 4.79 Å². The number of imidazole rings is 1. The van der Waals surface area contributed by atoms with Gasteiger partial charge in [0.25, 0.3) is 5.91 Å². The Morgan fingerprint density at radius 2 is 2.13 bits per heavy atom. The molecule has 0 unspecified atom stereocenters. The average molecular weight is 326 g/mol. The van der Waals surface area contributed by atoms with Crippen molar-refractivity contribution in [3.8, 4) is 0 Å². The monoisotopic (exact) mass is 326 g/mol. The number of hydrogen-bond acceptors (Lipinski definition) is 4. The van der Waals surface area contributed by atoms with Crippen LogP contribution in [0.25, 0.3) is 11.0 Å². The molecule has 1 aromatic carbocycles. The summed E-state index contributed by atoms with van der Waals surface area (Å²) in [6.07, 6.45) is 1.67. The molecule has 5 nitrogen and oxygen atoms in total. The molecule has 1 N–H and O–H groups in total. The highest BCUT2D eigenvalue weighted by atomic mass is 32.1. The standard InChI is InChI=1S/C17H18N4OS/c1-11-8-14(13(3)23-11)12(2)19-20-17(22)9-21-10-18-15-6-4-5-7-16(15)21/h4-8,10H,9H2,1-3H3,(H,20,22)/b19-12-.